The third kappa shape index (κ3) is 2.96. The Balaban J connectivity index is 1.81. The fraction of sp³-hybridized carbons (Fsp3) is 0.727. The first-order chi connectivity index (χ1) is 7.15. The summed E-state index contributed by atoms with van der Waals surface area (Å²) in [6.07, 6.45) is 2.83. The minimum atomic E-state index is 0.195. The van der Waals surface area contributed by atoms with Crippen molar-refractivity contribution in [2.75, 3.05) is 6.54 Å². The summed E-state index contributed by atoms with van der Waals surface area (Å²) in [7, 11) is 1.91. The fourth-order valence-corrected chi connectivity index (χ4v) is 1.57. The van der Waals surface area contributed by atoms with E-state index in [-0.39, 0.29) is 6.10 Å². The SMILES string of the molecule is Cc1cc(OC(C)CNC2CC2)n(C)n1. The van der Waals surface area contributed by atoms with E-state index in [4.69, 9.17) is 4.74 Å². The molecule has 2 rings (SSSR count). The Morgan fingerprint density at radius 3 is 2.93 bits per heavy atom. The highest BCUT2D eigenvalue weighted by atomic mass is 16.5. The molecule has 0 radical (unpaired) electrons. The first-order valence-corrected chi connectivity index (χ1v) is 5.56. The summed E-state index contributed by atoms with van der Waals surface area (Å²) < 4.78 is 7.56. The maximum absolute atomic E-state index is 5.78. The second-order valence-corrected chi connectivity index (χ2v) is 4.36. The lowest BCUT2D eigenvalue weighted by Gasteiger charge is -2.14. The van der Waals surface area contributed by atoms with E-state index in [1.807, 2.05) is 20.0 Å². The van der Waals surface area contributed by atoms with Crippen LogP contribution in [-0.2, 0) is 7.05 Å². The van der Waals surface area contributed by atoms with E-state index in [1.54, 1.807) is 4.68 Å². The second kappa shape index (κ2) is 4.23. The molecule has 0 bridgehead atoms. The van der Waals surface area contributed by atoms with Crippen molar-refractivity contribution in [2.45, 2.75) is 38.8 Å². The lowest BCUT2D eigenvalue weighted by molar-refractivity contribution is 0.199. The van der Waals surface area contributed by atoms with E-state index in [0.29, 0.717) is 0 Å². The smallest absolute Gasteiger partial charge is 0.212 e. The number of ether oxygens (including phenoxy) is 1. The topological polar surface area (TPSA) is 39.1 Å². The van der Waals surface area contributed by atoms with Crippen LogP contribution in [0.4, 0.5) is 0 Å². The molecule has 0 aromatic carbocycles. The summed E-state index contributed by atoms with van der Waals surface area (Å²) in [4.78, 5) is 0. The van der Waals surface area contributed by atoms with Crippen molar-refractivity contribution in [2.24, 2.45) is 7.05 Å². The first-order valence-electron chi connectivity index (χ1n) is 5.56. The predicted octanol–water partition coefficient (Wildman–Crippen LogP) is 1.25. The van der Waals surface area contributed by atoms with Crippen LogP contribution < -0.4 is 10.1 Å². The molecule has 1 aromatic rings. The number of aromatic nitrogens is 2. The maximum Gasteiger partial charge on any atom is 0.212 e. The quantitative estimate of drug-likeness (QED) is 0.793. The van der Waals surface area contributed by atoms with Gasteiger partial charge in [0.25, 0.3) is 0 Å². The Kier molecular flexibility index (Phi) is 2.95. The molecule has 0 saturated heterocycles. The highest BCUT2D eigenvalue weighted by Gasteiger charge is 2.21. The number of nitrogens with zero attached hydrogens (tertiary/aromatic N) is 2. The molecule has 1 N–H and O–H groups in total. The Morgan fingerprint density at radius 1 is 1.67 bits per heavy atom. The molecular weight excluding hydrogens is 190 g/mol. The van der Waals surface area contributed by atoms with Gasteiger partial charge in [0, 0.05) is 25.7 Å². The van der Waals surface area contributed by atoms with Crippen LogP contribution in [0.25, 0.3) is 0 Å². The monoisotopic (exact) mass is 209 g/mol. The van der Waals surface area contributed by atoms with Gasteiger partial charge < -0.3 is 10.1 Å². The summed E-state index contributed by atoms with van der Waals surface area (Å²) in [5.41, 5.74) is 0.995. The van der Waals surface area contributed by atoms with Gasteiger partial charge in [-0.15, -0.1) is 0 Å². The van der Waals surface area contributed by atoms with E-state index in [0.717, 1.165) is 24.2 Å². The maximum atomic E-state index is 5.78. The van der Waals surface area contributed by atoms with Gasteiger partial charge in [0.05, 0.1) is 5.69 Å². The van der Waals surface area contributed by atoms with Crippen LogP contribution in [0.3, 0.4) is 0 Å². The number of hydrogen-bond donors (Lipinski definition) is 1. The normalized spacial score (nSPS) is 17.8. The molecule has 1 aliphatic rings. The molecule has 1 heterocycles. The first kappa shape index (κ1) is 10.5. The Hall–Kier alpha value is -1.03. The molecule has 0 spiro atoms. The van der Waals surface area contributed by atoms with Gasteiger partial charge in [0.1, 0.15) is 6.10 Å². The zero-order valence-electron chi connectivity index (χ0n) is 9.66. The summed E-state index contributed by atoms with van der Waals surface area (Å²) in [6.45, 7) is 4.96. The van der Waals surface area contributed by atoms with Crippen molar-refractivity contribution in [3.63, 3.8) is 0 Å². The van der Waals surface area contributed by atoms with Gasteiger partial charge in [-0.1, -0.05) is 0 Å². The van der Waals surface area contributed by atoms with Gasteiger partial charge in [-0.25, -0.2) is 4.68 Å². The van der Waals surface area contributed by atoms with Gasteiger partial charge >= 0.3 is 0 Å². The summed E-state index contributed by atoms with van der Waals surface area (Å²) in [6, 6.07) is 2.71. The predicted molar refractivity (Wildman–Crippen MR) is 59.1 cm³/mol. The van der Waals surface area contributed by atoms with Gasteiger partial charge in [-0.2, -0.15) is 5.10 Å². The molecular formula is C11H19N3O. The number of rotatable bonds is 5. The molecule has 4 heteroatoms. The van der Waals surface area contributed by atoms with E-state index >= 15 is 0 Å². The van der Waals surface area contributed by atoms with Crippen LogP contribution in [-0.4, -0.2) is 28.5 Å². The number of nitrogens with one attached hydrogen (secondary N) is 1. The van der Waals surface area contributed by atoms with Crippen molar-refractivity contribution in [1.82, 2.24) is 15.1 Å². The summed E-state index contributed by atoms with van der Waals surface area (Å²) in [5.74, 6) is 0.845. The van der Waals surface area contributed by atoms with Crippen LogP contribution in [0.15, 0.2) is 6.07 Å². The fourth-order valence-electron chi connectivity index (χ4n) is 1.57. The van der Waals surface area contributed by atoms with Crippen molar-refractivity contribution in [3.8, 4) is 5.88 Å². The molecule has 15 heavy (non-hydrogen) atoms. The average Bonchev–Trinajstić information content (AvgIpc) is 2.92. The van der Waals surface area contributed by atoms with Gasteiger partial charge in [0.15, 0.2) is 0 Å². The highest BCUT2D eigenvalue weighted by Crippen LogP contribution is 2.19. The van der Waals surface area contributed by atoms with Gasteiger partial charge in [-0.05, 0) is 26.7 Å². The van der Waals surface area contributed by atoms with Crippen LogP contribution in [0, 0.1) is 6.92 Å². The third-order valence-electron chi connectivity index (χ3n) is 2.55. The molecule has 1 fully saturated rings. The van der Waals surface area contributed by atoms with Crippen molar-refractivity contribution < 1.29 is 4.74 Å². The highest BCUT2D eigenvalue weighted by molar-refractivity contribution is 5.14. The lowest BCUT2D eigenvalue weighted by Crippen LogP contribution is -2.30. The molecule has 1 saturated carbocycles. The summed E-state index contributed by atoms with van der Waals surface area (Å²) in [5, 5.41) is 7.69. The summed E-state index contributed by atoms with van der Waals surface area (Å²) >= 11 is 0. The standard InChI is InChI=1S/C11H19N3O/c1-8-6-11(14(3)13-8)15-9(2)7-12-10-4-5-10/h6,9-10,12H,4-5,7H2,1-3H3. The van der Waals surface area contributed by atoms with E-state index < -0.39 is 0 Å². The zero-order chi connectivity index (χ0) is 10.8. The van der Waals surface area contributed by atoms with Crippen molar-refractivity contribution >= 4 is 0 Å². The second-order valence-electron chi connectivity index (χ2n) is 4.36. The van der Waals surface area contributed by atoms with Gasteiger partial charge in [-0.3, -0.25) is 0 Å². The molecule has 4 nitrogen and oxygen atoms in total. The molecule has 0 amide bonds. The number of hydrogen-bond acceptors (Lipinski definition) is 3. The molecule has 1 unspecified atom stereocenters. The average molecular weight is 209 g/mol. The van der Waals surface area contributed by atoms with Crippen LogP contribution in [0.2, 0.25) is 0 Å². The third-order valence-corrected chi connectivity index (χ3v) is 2.55. The molecule has 1 aromatic heterocycles. The Bertz CT molecular complexity index is 331. The van der Waals surface area contributed by atoms with Gasteiger partial charge in [0.2, 0.25) is 5.88 Å². The Labute approximate surface area is 90.6 Å². The van der Waals surface area contributed by atoms with Crippen LogP contribution in [0.1, 0.15) is 25.5 Å². The van der Waals surface area contributed by atoms with E-state index in [1.165, 1.54) is 12.8 Å². The molecule has 0 aliphatic heterocycles. The number of aryl methyl sites for hydroxylation is 2. The minimum Gasteiger partial charge on any atom is -0.473 e. The van der Waals surface area contributed by atoms with Crippen molar-refractivity contribution in [1.29, 1.82) is 0 Å². The molecule has 1 aliphatic carbocycles. The molecule has 84 valence electrons. The van der Waals surface area contributed by atoms with Crippen LogP contribution >= 0.6 is 0 Å². The van der Waals surface area contributed by atoms with Crippen LogP contribution in [0.5, 0.6) is 5.88 Å². The Morgan fingerprint density at radius 2 is 2.40 bits per heavy atom. The molecule has 1 atom stereocenters. The van der Waals surface area contributed by atoms with Crippen molar-refractivity contribution in [3.05, 3.63) is 11.8 Å². The van der Waals surface area contributed by atoms with E-state index in [2.05, 4.69) is 17.3 Å². The lowest BCUT2D eigenvalue weighted by atomic mass is 10.4. The largest absolute Gasteiger partial charge is 0.473 e. The minimum absolute atomic E-state index is 0.195. The zero-order valence-corrected chi connectivity index (χ0v) is 9.66. The van der Waals surface area contributed by atoms with E-state index in [9.17, 15) is 0 Å².